The van der Waals surface area contributed by atoms with Gasteiger partial charge in [-0.1, -0.05) is 24.3 Å². The van der Waals surface area contributed by atoms with Gasteiger partial charge in [0.2, 0.25) is 0 Å². The van der Waals surface area contributed by atoms with Crippen LogP contribution in [0, 0.1) is 45.3 Å². The van der Waals surface area contributed by atoms with E-state index >= 15 is 0 Å². The molecule has 0 radical (unpaired) electrons. The van der Waals surface area contributed by atoms with Crippen molar-refractivity contribution in [2.45, 2.75) is 0 Å². The summed E-state index contributed by atoms with van der Waals surface area (Å²) in [6.45, 7) is 0. The van der Waals surface area contributed by atoms with E-state index in [2.05, 4.69) is 24.3 Å². The average molecular weight is 451 g/mol. The van der Waals surface area contributed by atoms with E-state index in [0.717, 1.165) is 29.6 Å². The first-order valence-corrected chi connectivity index (χ1v) is 11.4. The molecule has 0 aliphatic heterocycles. The van der Waals surface area contributed by atoms with E-state index in [-0.39, 0.29) is 11.1 Å². The van der Waals surface area contributed by atoms with Gasteiger partial charge in [-0.2, -0.15) is 21.0 Å². The van der Waals surface area contributed by atoms with Crippen LogP contribution in [-0.2, 0) is 0 Å². The standard InChI is InChI=1S/C24H10N4S3/c25-11-15(12-26)21-7-5-17(29-21)9-23-19-3-1-2-4-20(19)24(31-23)10-18-6-8-22(30-18)16(13-27)14-28/h1-10H/b17-9+,18-10+. The lowest BCUT2D eigenvalue weighted by molar-refractivity contribution is 1.51. The molecule has 0 N–H and O–H groups in total. The first kappa shape index (κ1) is 20.3. The third-order valence-electron chi connectivity index (χ3n) is 4.42. The predicted octanol–water partition coefficient (Wildman–Crippen LogP) is 3.08. The van der Waals surface area contributed by atoms with Gasteiger partial charge in [0.1, 0.15) is 35.4 Å². The van der Waals surface area contributed by atoms with E-state index < -0.39 is 0 Å². The summed E-state index contributed by atoms with van der Waals surface area (Å²) in [5.74, 6) is 0. The van der Waals surface area contributed by atoms with E-state index in [1.54, 1.807) is 23.5 Å². The second-order valence-electron chi connectivity index (χ2n) is 6.27. The van der Waals surface area contributed by atoms with Crippen molar-refractivity contribution in [2.24, 2.45) is 0 Å². The Balaban J connectivity index is 1.90. The summed E-state index contributed by atoms with van der Waals surface area (Å²) in [6.07, 6.45) is 4.14. The molecule has 0 fully saturated rings. The normalized spacial score (nSPS) is 11.5. The minimum atomic E-state index is 0.120. The molecule has 31 heavy (non-hydrogen) atoms. The Hall–Kier alpha value is -3.98. The number of fused-ring (bicyclic) bond motifs is 1. The fourth-order valence-corrected chi connectivity index (χ4v) is 6.14. The molecule has 0 saturated heterocycles. The Kier molecular flexibility index (Phi) is 5.76. The molecule has 144 valence electrons. The van der Waals surface area contributed by atoms with Crippen LogP contribution in [0.25, 0.3) is 34.1 Å². The monoisotopic (exact) mass is 450 g/mol. The van der Waals surface area contributed by atoms with Crippen LogP contribution >= 0.6 is 34.0 Å². The molecular weight excluding hydrogens is 440 g/mol. The van der Waals surface area contributed by atoms with Gasteiger partial charge < -0.3 is 0 Å². The molecule has 4 nitrogen and oxygen atoms in total. The Morgan fingerprint density at radius 3 is 1.39 bits per heavy atom. The molecule has 4 aromatic rings. The zero-order valence-corrected chi connectivity index (χ0v) is 18.2. The molecule has 0 spiro atoms. The maximum absolute atomic E-state index is 9.08. The fraction of sp³-hybridized carbons (Fsp3) is 0. The van der Waals surface area contributed by atoms with Crippen LogP contribution in [0.1, 0.15) is 9.75 Å². The Morgan fingerprint density at radius 1 is 0.581 bits per heavy atom. The summed E-state index contributed by atoms with van der Waals surface area (Å²) < 4.78 is 3.27. The molecule has 3 aromatic heterocycles. The molecule has 4 rings (SSSR count). The quantitative estimate of drug-likeness (QED) is 0.469. The average Bonchev–Trinajstić information content (AvgIpc) is 3.52. The van der Waals surface area contributed by atoms with Crippen molar-refractivity contribution in [1.29, 1.82) is 21.0 Å². The third kappa shape index (κ3) is 4.03. The highest BCUT2D eigenvalue weighted by Crippen LogP contribution is 2.32. The number of hydrogen-bond donors (Lipinski definition) is 0. The van der Waals surface area contributed by atoms with Gasteiger partial charge in [0.05, 0.1) is 9.06 Å². The lowest BCUT2D eigenvalue weighted by atomic mass is 10.1. The van der Waals surface area contributed by atoms with Gasteiger partial charge in [-0.15, -0.1) is 34.0 Å². The zero-order valence-electron chi connectivity index (χ0n) is 15.8. The predicted molar refractivity (Wildman–Crippen MR) is 125 cm³/mol. The van der Waals surface area contributed by atoms with Crippen LogP contribution in [-0.4, -0.2) is 0 Å². The summed E-state index contributed by atoms with van der Waals surface area (Å²) in [6, 6.07) is 23.3. The Morgan fingerprint density at radius 2 is 1.00 bits per heavy atom. The van der Waals surface area contributed by atoms with E-state index in [1.165, 1.54) is 22.7 Å². The van der Waals surface area contributed by atoms with Crippen molar-refractivity contribution in [1.82, 2.24) is 0 Å². The Bertz CT molecular complexity index is 1580. The van der Waals surface area contributed by atoms with Crippen LogP contribution in [0.3, 0.4) is 0 Å². The highest BCUT2D eigenvalue weighted by atomic mass is 32.1. The largest absolute Gasteiger partial charge is 0.192 e. The van der Waals surface area contributed by atoms with Gasteiger partial charge in [-0.3, -0.25) is 0 Å². The van der Waals surface area contributed by atoms with Crippen LogP contribution in [0.5, 0.6) is 0 Å². The maximum atomic E-state index is 9.08. The molecule has 3 heterocycles. The highest BCUT2D eigenvalue weighted by Gasteiger charge is 2.08. The molecule has 0 unspecified atom stereocenters. The molecule has 7 heteroatoms. The van der Waals surface area contributed by atoms with Crippen molar-refractivity contribution in [3.8, 4) is 24.3 Å². The number of nitrogens with zero attached hydrogens (tertiary/aromatic N) is 4. The van der Waals surface area contributed by atoms with Crippen LogP contribution < -0.4 is 18.1 Å². The molecule has 0 aliphatic rings. The number of hydrogen-bond acceptors (Lipinski definition) is 7. The molecule has 0 amide bonds. The molecule has 1 aromatic carbocycles. The minimum absolute atomic E-state index is 0.120. The number of rotatable bonds is 2. The first-order chi connectivity index (χ1) is 15.2. The van der Waals surface area contributed by atoms with E-state index in [1.807, 2.05) is 48.5 Å². The van der Waals surface area contributed by atoms with E-state index in [0.29, 0.717) is 9.06 Å². The molecular formula is C24H10N4S3. The van der Waals surface area contributed by atoms with Crippen molar-refractivity contribution in [3.05, 3.63) is 76.4 Å². The SMILES string of the molecule is N#CC(C#N)=c1cc/c(=C\c2sc(/C=c3\ccc(=C(C#N)C#N)s3)c3ccccc23)s1. The third-order valence-corrected chi connectivity index (χ3v) is 7.63. The second-order valence-corrected chi connectivity index (χ2v) is 9.58. The highest BCUT2D eigenvalue weighted by molar-refractivity contribution is 7.16. The smallest absolute Gasteiger partial charge is 0.146 e. The van der Waals surface area contributed by atoms with Gasteiger partial charge >= 0.3 is 0 Å². The maximum Gasteiger partial charge on any atom is 0.146 e. The molecule has 0 atom stereocenters. The van der Waals surface area contributed by atoms with Crippen molar-refractivity contribution in [2.75, 3.05) is 0 Å². The van der Waals surface area contributed by atoms with Gasteiger partial charge in [-0.25, -0.2) is 0 Å². The second kappa shape index (κ2) is 8.80. The van der Waals surface area contributed by atoms with E-state index in [9.17, 15) is 0 Å². The number of thiophene rings is 3. The summed E-state index contributed by atoms with van der Waals surface area (Å²) >= 11 is 4.48. The topological polar surface area (TPSA) is 95.2 Å². The minimum Gasteiger partial charge on any atom is -0.192 e. The Labute approximate surface area is 189 Å². The lowest BCUT2D eigenvalue weighted by Gasteiger charge is -1.91. The van der Waals surface area contributed by atoms with Crippen LogP contribution in [0.2, 0.25) is 0 Å². The fourth-order valence-electron chi connectivity index (χ4n) is 3.01. The molecule has 0 aliphatic carbocycles. The molecule has 0 saturated carbocycles. The van der Waals surface area contributed by atoms with Crippen LogP contribution in [0.15, 0.2) is 48.5 Å². The summed E-state index contributed by atoms with van der Waals surface area (Å²) in [5, 5.41) is 38.6. The lowest BCUT2D eigenvalue weighted by Crippen LogP contribution is -1.96. The summed E-state index contributed by atoms with van der Waals surface area (Å²) in [5.41, 5.74) is 0.239. The van der Waals surface area contributed by atoms with Gasteiger partial charge in [0, 0.05) is 29.6 Å². The summed E-state index contributed by atoms with van der Waals surface area (Å²) in [4.78, 5) is 2.17. The van der Waals surface area contributed by atoms with Crippen LogP contribution in [0.4, 0.5) is 0 Å². The van der Waals surface area contributed by atoms with E-state index in [4.69, 9.17) is 21.0 Å². The van der Waals surface area contributed by atoms with Crippen molar-refractivity contribution >= 4 is 68.1 Å². The van der Waals surface area contributed by atoms with Crippen molar-refractivity contribution < 1.29 is 0 Å². The number of benzene rings is 1. The first-order valence-electron chi connectivity index (χ1n) is 8.92. The number of nitriles is 4. The van der Waals surface area contributed by atoms with Gasteiger partial charge in [0.25, 0.3) is 0 Å². The van der Waals surface area contributed by atoms with Gasteiger partial charge in [0.15, 0.2) is 0 Å². The molecule has 0 bridgehead atoms. The van der Waals surface area contributed by atoms with Gasteiger partial charge in [-0.05, 0) is 36.4 Å². The zero-order chi connectivity index (χ0) is 21.8. The summed E-state index contributed by atoms with van der Waals surface area (Å²) in [7, 11) is 0. The van der Waals surface area contributed by atoms with Crippen molar-refractivity contribution in [3.63, 3.8) is 0 Å².